The van der Waals surface area contributed by atoms with Crippen molar-refractivity contribution in [1.29, 1.82) is 0 Å². The Morgan fingerprint density at radius 3 is 2.50 bits per heavy atom. The molecule has 2 heterocycles. The van der Waals surface area contributed by atoms with Gasteiger partial charge in [0.1, 0.15) is 0 Å². The summed E-state index contributed by atoms with van der Waals surface area (Å²) < 4.78 is 11.4. The van der Waals surface area contributed by atoms with Crippen LogP contribution in [0.3, 0.4) is 0 Å². The number of carbonyl (C=O) groups is 1. The Balaban J connectivity index is 1.59. The highest BCUT2D eigenvalue weighted by Gasteiger charge is 2.42. The van der Waals surface area contributed by atoms with E-state index in [0.717, 1.165) is 52.0 Å². The van der Waals surface area contributed by atoms with Crippen LogP contribution < -0.4 is 5.32 Å². The highest BCUT2D eigenvalue weighted by atomic mass is 16.7. The molecular weight excluding hydrogens is 208 g/mol. The lowest BCUT2D eigenvalue weighted by Crippen LogP contribution is -2.45. The second-order valence-corrected chi connectivity index (χ2v) is 4.76. The lowest BCUT2D eigenvalue weighted by Gasteiger charge is -2.38. The third-order valence-electron chi connectivity index (χ3n) is 3.86. The van der Waals surface area contributed by atoms with Crippen LogP contribution in [0.25, 0.3) is 0 Å². The molecule has 1 spiro atoms. The lowest BCUT2D eigenvalue weighted by molar-refractivity contribution is -0.182. The van der Waals surface area contributed by atoms with E-state index in [4.69, 9.17) is 9.47 Å². The lowest BCUT2D eigenvalue weighted by atomic mass is 9.89. The molecule has 0 aromatic rings. The fourth-order valence-corrected chi connectivity index (χ4v) is 2.97. The van der Waals surface area contributed by atoms with Crippen molar-refractivity contribution >= 4 is 6.03 Å². The van der Waals surface area contributed by atoms with Gasteiger partial charge < -0.3 is 19.7 Å². The molecule has 0 bridgehead atoms. The van der Waals surface area contributed by atoms with Crippen LogP contribution in [0.4, 0.5) is 4.79 Å². The second kappa shape index (κ2) is 3.89. The van der Waals surface area contributed by atoms with Crippen molar-refractivity contribution in [3.05, 3.63) is 0 Å². The molecule has 2 amide bonds. The third-order valence-corrected chi connectivity index (χ3v) is 3.86. The van der Waals surface area contributed by atoms with Gasteiger partial charge in [0.2, 0.25) is 0 Å². The number of nitrogens with zero attached hydrogens (tertiary/aromatic N) is 1. The van der Waals surface area contributed by atoms with Gasteiger partial charge >= 0.3 is 6.03 Å². The van der Waals surface area contributed by atoms with Gasteiger partial charge in [-0.05, 0) is 12.8 Å². The summed E-state index contributed by atoms with van der Waals surface area (Å²) in [6.07, 6.45) is 3.82. The number of carbonyl (C=O) groups excluding carboxylic acids is 1. The van der Waals surface area contributed by atoms with E-state index < -0.39 is 0 Å². The average Bonchev–Trinajstić information content (AvgIpc) is 2.90. The van der Waals surface area contributed by atoms with Crippen molar-refractivity contribution in [1.82, 2.24) is 10.2 Å². The van der Waals surface area contributed by atoms with Crippen molar-refractivity contribution in [2.45, 2.75) is 37.5 Å². The van der Waals surface area contributed by atoms with Gasteiger partial charge in [-0.2, -0.15) is 0 Å². The van der Waals surface area contributed by atoms with Crippen molar-refractivity contribution in [3.8, 4) is 0 Å². The van der Waals surface area contributed by atoms with E-state index in [1.54, 1.807) is 0 Å². The molecule has 0 radical (unpaired) electrons. The Kier molecular flexibility index (Phi) is 2.52. The molecule has 0 atom stereocenters. The maximum Gasteiger partial charge on any atom is 0.317 e. The smallest absolute Gasteiger partial charge is 0.317 e. The van der Waals surface area contributed by atoms with E-state index in [-0.39, 0.29) is 11.8 Å². The number of urea groups is 1. The van der Waals surface area contributed by atoms with Crippen molar-refractivity contribution < 1.29 is 14.3 Å². The maximum absolute atomic E-state index is 11.5. The van der Waals surface area contributed by atoms with E-state index in [1.165, 1.54) is 0 Å². The summed E-state index contributed by atoms with van der Waals surface area (Å²) in [5.41, 5.74) is 0. The first-order valence-corrected chi connectivity index (χ1v) is 6.11. The van der Waals surface area contributed by atoms with E-state index in [9.17, 15) is 4.79 Å². The fourth-order valence-electron chi connectivity index (χ4n) is 2.97. The zero-order valence-electron chi connectivity index (χ0n) is 9.41. The predicted octanol–water partition coefficient (Wildman–Crippen LogP) is 0.697. The molecule has 5 heteroatoms. The Hall–Kier alpha value is -0.810. The molecule has 0 unspecified atom stereocenters. The predicted molar refractivity (Wildman–Crippen MR) is 57.0 cm³/mol. The van der Waals surface area contributed by atoms with Gasteiger partial charge in [-0.1, -0.05) is 0 Å². The molecule has 1 N–H and O–H groups in total. The van der Waals surface area contributed by atoms with Gasteiger partial charge in [-0.15, -0.1) is 0 Å². The summed E-state index contributed by atoms with van der Waals surface area (Å²) >= 11 is 0. The molecule has 5 nitrogen and oxygen atoms in total. The van der Waals surface area contributed by atoms with Gasteiger partial charge in [0.05, 0.1) is 13.2 Å². The minimum Gasteiger partial charge on any atom is -0.348 e. The summed E-state index contributed by atoms with van der Waals surface area (Å²) in [6.45, 7) is 3.06. The van der Waals surface area contributed by atoms with Gasteiger partial charge in [-0.25, -0.2) is 4.79 Å². The highest BCUT2D eigenvalue weighted by molar-refractivity contribution is 5.76. The van der Waals surface area contributed by atoms with Crippen LogP contribution in [0.1, 0.15) is 25.7 Å². The molecule has 16 heavy (non-hydrogen) atoms. The molecule has 3 aliphatic rings. The molecule has 0 aromatic carbocycles. The molecule has 1 saturated carbocycles. The van der Waals surface area contributed by atoms with Crippen molar-refractivity contribution in [2.24, 2.45) is 0 Å². The Labute approximate surface area is 95.1 Å². The van der Waals surface area contributed by atoms with Crippen LogP contribution in [-0.2, 0) is 9.47 Å². The quantitative estimate of drug-likeness (QED) is 0.716. The van der Waals surface area contributed by atoms with Crippen LogP contribution in [0, 0.1) is 0 Å². The Morgan fingerprint density at radius 2 is 1.94 bits per heavy atom. The summed E-state index contributed by atoms with van der Waals surface area (Å²) in [4.78, 5) is 13.5. The number of nitrogens with one attached hydrogen (secondary N) is 1. The molecule has 1 aliphatic carbocycles. The normalized spacial score (nSPS) is 30.0. The first kappa shape index (κ1) is 10.4. The molecule has 2 saturated heterocycles. The van der Waals surface area contributed by atoms with Crippen LogP contribution >= 0.6 is 0 Å². The number of rotatable bonds is 1. The summed E-state index contributed by atoms with van der Waals surface area (Å²) in [7, 11) is 0. The molecule has 90 valence electrons. The zero-order valence-corrected chi connectivity index (χ0v) is 9.41. The zero-order chi connectivity index (χ0) is 11.0. The van der Waals surface area contributed by atoms with Crippen LogP contribution in [0.2, 0.25) is 0 Å². The number of amides is 2. The van der Waals surface area contributed by atoms with Gasteiger partial charge in [0.25, 0.3) is 0 Å². The Bertz CT molecular complexity index is 279. The Morgan fingerprint density at radius 1 is 1.25 bits per heavy atom. The first-order chi connectivity index (χ1) is 7.79. The standard InChI is InChI=1S/C11H18N2O3/c14-10-12-5-6-13(10)9-1-3-11(4-2-9)15-7-8-16-11/h9H,1-8H2,(H,12,14). The van der Waals surface area contributed by atoms with Gasteiger partial charge in [-0.3, -0.25) is 0 Å². The molecule has 3 fully saturated rings. The van der Waals surface area contributed by atoms with E-state index in [0.29, 0.717) is 6.04 Å². The molecular formula is C11H18N2O3. The molecule has 0 aromatic heterocycles. The van der Waals surface area contributed by atoms with Gasteiger partial charge in [0.15, 0.2) is 5.79 Å². The summed E-state index contributed by atoms with van der Waals surface area (Å²) in [5.74, 6) is -0.313. The van der Waals surface area contributed by atoms with Crippen molar-refractivity contribution in [2.75, 3.05) is 26.3 Å². The summed E-state index contributed by atoms with van der Waals surface area (Å²) in [5, 5.41) is 2.85. The maximum atomic E-state index is 11.5. The van der Waals surface area contributed by atoms with Crippen LogP contribution in [0.5, 0.6) is 0 Å². The van der Waals surface area contributed by atoms with Crippen LogP contribution in [0.15, 0.2) is 0 Å². The number of hydrogen-bond donors (Lipinski definition) is 1. The minimum atomic E-state index is -0.313. The van der Waals surface area contributed by atoms with E-state index in [1.807, 2.05) is 4.90 Å². The SMILES string of the molecule is O=C1NCCN1C1CCC2(CC1)OCCO2. The van der Waals surface area contributed by atoms with E-state index in [2.05, 4.69) is 5.32 Å². The minimum absolute atomic E-state index is 0.0919. The third kappa shape index (κ3) is 1.68. The topological polar surface area (TPSA) is 50.8 Å². The largest absolute Gasteiger partial charge is 0.348 e. The van der Waals surface area contributed by atoms with Gasteiger partial charge in [0, 0.05) is 32.0 Å². The average molecular weight is 226 g/mol. The van der Waals surface area contributed by atoms with E-state index >= 15 is 0 Å². The van der Waals surface area contributed by atoms with Crippen LogP contribution in [-0.4, -0.2) is 49.1 Å². The fraction of sp³-hybridized carbons (Fsp3) is 0.909. The monoisotopic (exact) mass is 226 g/mol. The number of ether oxygens (including phenoxy) is 2. The first-order valence-electron chi connectivity index (χ1n) is 6.11. The second-order valence-electron chi connectivity index (χ2n) is 4.76. The molecule has 2 aliphatic heterocycles. The summed E-state index contributed by atoms with van der Waals surface area (Å²) in [6, 6.07) is 0.468. The highest BCUT2D eigenvalue weighted by Crippen LogP contribution is 2.37. The number of hydrogen-bond acceptors (Lipinski definition) is 3. The van der Waals surface area contributed by atoms with Crippen molar-refractivity contribution in [3.63, 3.8) is 0 Å². The molecule has 3 rings (SSSR count).